The van der Waals surface area contributed by atoms with Gasteiger partial charge in [0.1, 0.15) is 6.04 Å². The number of piperazine rings is 1. The first-order valence-electron chi connectivity index (χ1n) is 13.0. The van der Waals surface area contributed by atoms with Crippen LogP contribution in [0.15, 0.2) is 48.3 Å². The number of aromatic nitrogens is 2. The van der Waals surface area contributed by atoms with Gasteiger partial charge in [0, 0.05) is 32.0 Å². The quantitative estimate of drug-likeness (QED) is 0.330. The van der Waals surface area contributed by atoms with Crippen LogP contribution < -0.4 is 10.1 Å². The first-order chi connectivity index (χ1) is 20.1. The second-order valence-electron chi connectivity index (χ2n) is 8.87. The van der Waals surface area contributed by atoms with Gasteiger partial charge in [0.25, 0.3) is 5.91 Å². The Morgan fingerprint density at radius 3 is 2.36 bits per heavy atom. The van der Waals surface area contributed by atoms with E-state index in [1.54, 1.807) is 37.3 Å². The summed E-state index contributed by atoms with van der Waals surface area (Å²) in [5.41, 5.74) is 0.225. The van der Waals surface area contributed by atoms with E-state index in [0.29, 0.717) is 5.69 Å². The number of halogens is 3. The molecule has 42 heavy (non-hydrogen) atoms. The second kappa shape index (κ2) is 15.4. The van der Waals surface area contributed by atoms with Crippen molar-refractivity contribution < 1.29 is 51.8 Å². The maximum atomic E-state index is 13.3. The first kappa shape index (κ1) is 31.9. The highest BCUT2D eigenvalue weighted by Crippen LogP contribution is 2.22. The van der Waals surface area contributed by atoms with E-state index in [2.05, 4.69) is 10.4 Å². The average Bonchev–Trinajstić information content (AvgIpc) is 3.40. The number of hydrogen-bond donors (Lipinski definition) is 2. The maximum absolute atomic E-state index is 13.3. The van der Waals surface area contributed by atoms with Gasteiger partial charge in [-0.2, -0.15) is 13.9 Å². The Morgan fingerprint density at radius 2 is 1.74 bits per heavy atom. The summed E-state index contributed by atoms with van der Waals surface area (Å²) in [6, 6.07) is 8.32. The Labute approximate surface area is 238 Å². The molecule has 16 heteroatoms. The molecule has 0 saturated carbocycles. The fourth-order valence-corrected chi connectivity index (χ4v) is 3.90. The highest BCUT2D eigenvalue weighted by Gasteiger charge is 2.31. The van der Waals surface area contributed by atoms with Crippen LogP contribution in [0.3, 0.4) is 0 Å². The second-order valence-corrected chi connectivity index (χ2v) is 8.87. The van der Waals surface area contributed by atoms with Gasteiger partial charge >= 0.3 is 18.2 Å². The number of hydroxylamine groups is 2. The number of carboxylic acid groups (broad SMARTS) is 1. The zero-order valence-electron chi connectivity index (χ0n) is 22.6. The molecule has 13 nitrogen and oxygen atoms in total. The van der Waals surface area contributed by atoms with Gasteiger partial charge < -0.3 is 29.6 Å². The monoisotopic (exact) mass is 597 g/mol. The van der Waals surface area contributed by atoms with Crippen LogP contribution in [0.1, 0.15) is 36.7 Å². The smallest absolute Gasteiger partial charge is 0.481 e. The number of nitrogens with zero attached hydrogens (tertiary/aromatic N) is 4. The van der Waals surface area contributed by atoms with E-state index in [0.717, 1.165) is 0 Å². The van der Waals surface area contributed by atoms with E-state index in [1.165, 1.54) is 20.7 Å². The molecule has 228 valence electrons. The zero-order valence-corrected chi connectivity index (χ0v) is 22.6. The summed E-state index contributed by atoms with van der Waals surface area (Å²) in [7, 11) is 0. The summed E-state index contributed by atoms with van der Waals surface area (Å²) in [6.45, 7) is 1.86. The number of benzene rings is 1. The third kappa shape index (κ3) is 9.22. The van der Waals surface area contributed by atoms with Crippen LogP contribution in [0.5, 0.6) is 5.88 Å². The minimum atomic E-state index is -2.46. The number of aliphatic carboxylic acids is 1. The van der Waals surface area contributed by atoms with Crippen LogP contribution in [0.25, 0.3) is 5.69 Å². The maximum Gasteiger partial charge on any atom is 0.527 e. The van der Waals surface area contributed by atoms with Crippen LogP contribution in [0.4, 0.5) is 18.0 Å². The van der Waals surface area contributed by atoms with Gasteiger partial charge in [-0.25, -0.2) is 13.9 Å². The molecule has 1 atom stereocenters. The lowest BCUT2D eigenvalue weighted by Gasteiger charge is -2.35. The van der Waals surface area contributed by atoms with Crippen molar-refractivity contribution in [1.29, 1.82) is 0 Å². The standard InChI is InChI=1S/C26H30F3N5O8/c1-2-40-26(39)42-33-13-11-32(12-14-33)25(38)19(8-9-22(35)36)30-24(37)20-16-21(41-15-10-18(27)23(28)29)34(31-20)17-6-4-3-5-7-17/h3-7,16,19H,2,8-15H2,1H3,(H,30,37)(H,35,36)/t19-/m0/s1. The lowest BCUT2D eigenvalue weighted by molar-refractivity contribution is -0.157. The minimum absolute atomic E-state index is 0.0513. The van der Waals surface area contributed by atoms with Crippen molar-refractivity contribution in [3.63, 3.8) is 0 Å². The first-order valence-corrected chi connectivity index (χ1v) is 13.0. The van der Waals surface area contributed by atoms with Crippen molar-refractivity contribution in [3.8, 4) is 11.6 Å². The Bertz CT molecular complexity index is 1280. The lowest BCUT2D eigenvalue weighted by atomic mass is 10.1. The molecule has 0 bridgehead atoms. The van der Waals surface area contributed by atoms with Crippen LogP contribution in [-0.4, -0.2) is 94.2 Å². The molecule has 2 heterocycles. The van der Waals surface area contributed by atoms with E-state index in [9.17, 15) is 37.5 Å². The van der Waals surface area contributed by atoms with E-state index in [1.807, 2.05) is 0 Å². The van der Waals surface area contributed by atoms with E-state index in [4.69, 9.17) is 14.3 Å². The van der Waals surface area contributed by atoms with Gasteiger partial charge in [-0.05, 0) is 25.5 Å². The van der Waals surface area contributed by atoms with Crippen LogP contribution in [-0.2, 0) is 19.2 Å². The molecule has 3 rings (SSSR count). The Balaban J connectivity index is 1.74. The Kier molecular flexibility index (Phi) is 11.7. The number of hydrogen-bond acceptors (Lipinski definition) is 9. The number of carboxylic acids is 1. The van der Waals surface area contributed by atoms with E-state index < -0.39 is 61.3 Å². The predicted molar refractivity (Wildman–Crippen MR) is 138 cm³/mol. The summed E-state index contributed by atoms with van der Waals surface area (Å²) in [6.07, 6.45) is -4.69. The topological polar surface area (TPSA) is 153 Å². The van der Waals surface area contributed by atoms with Crippen molar-refractivity contribution in [2.45, 2.75) is 32.2 Å². The summed E-state index contributed by atoms with van der Waals surface area (Å²) in [5.74, 6) is -4.24. The molecule has 0 spiro atoms. The molecule has 1 saturated heterocycles. The van der Waals surface area contributed by atoms with Crippen molar-refractivity contribution in [2.24, 2.45) is 0 Å². The van der Waals surface area contributed by atoms with Crippen LogP contribution in [0, 0.1) is 0 Å². The van der Waals surface area contributed by atoms with Gasteiger partial charge in [-0.3, -0.25) is 14.4 Å². The molecule has 1 aromatic carbocycles. The summed E-state index contributed by atoms with van der Waals surface area (Å²) < 4.78 is 49.5. The summed E-state index contributed by atoms with van der Waals surface area (Å²) >= 11 is 0. The third-order valence-corrected chi connectivity index (χ3v) is 5.95. The largest absolute Gasteiger partial charge is 0.527 e. The minimum Gasteiger partial charge on any atom is -0.481 e. The third-order valence-electron chi connectivity index (χ3n) is 5.95. The lowest BCUT2D eigenvalue weighted by Crippen LogP contribution is -2.55. The molecular weight excluding hydrogens is 567 g/mol. The molecule has 1 aromatic heterocycles. The molecule has 0 unspecified atom stereocenters. The van der Waals surface area contributed by atoms with E-state index >= 15 is 0 Å². The van der Waals surface area contributed by atoms with Crippen molar-refractivity contribution >= 4 is 23.9 Å². The van der Waals surface area contributed by atoms with Crippen molar-refractivity contribution in [1.82, 2.24) is 25.1 Å². The summed E-state index contributed by atoms with van der Waals surface area (Å²) in [4.78, 5) is 55.7. The van der Waals surface area contributed by atoms with Gasteiger partial charge in [-0.1, -0.05) is 18.2 Å². The highest BCUT2D eigenvalue weighted by atomic mass is 19.3. The zero-order chi connectivity index (χ0) is 30.6. The number of carbonyl (C=O) groups excluding carboxylic acids is 3. The molecular formula is C26H30F3N5O8. The predicted octanol–water partition coefficient (Wildman–Crippen LogP) is 2.91. The van der Waals surface area contributed by atoms with Crippen molar-refractivity contribution in [3.05, 3.63) is 54.0 Å². The Morgan fingerprint density at radius 1 is 1.05 bits per heavy atom. The SMILES string of the molecule is CCOC(=O)ON1CCN(C(=O)[C@H](CCC(=O)O)NC(=O)c2cc(OCCC(F)=C(F)F)n(-c3ccccc3)n2)CC1. The molecule has 0 radical (unpaired) electrons. The van der Waals surface area contributed by atoms with Crippen molar-refractivity contribution in [2.75, 3.05) is 39.4 Å². The molecule has 2 aromatic rings. The van der Waals surface area contributed by atoms with Gasteiger partial charge in [0.05, 0.1) is 32.0 Å². The molecule has 2 N–H and O–H groups in total. The fourth-order valence-electron chi connectivity index (χ4n) is 3.90. The van der Waals surface area contributed by atoms with Gasteiger partial charge in [0.2, 0.25) is 11.8 Å². The average molecular weight is 598 g/mol. The number of carbonyl (C=O) groups is 4. The number of para-hydroxylation sites is 1. The molecule has 1 aliphatic heterocycles. The molecule has 2 amide bonds. The Hall–Kier alpha value is -4.60. The number of rotatable bonds is 13. The number of nitrogens with one attached hydrogen (secondary N) is 1. The van der Waals surface area contributed by atoms with Crippen LogP contribution >= 0.6 is 0 Å². The normalized spacial score (nSPS) is 14.0. The fraction of sp³-hybridized carbons (Fsp3) is 0.423. The number of amides is 2. The van der Waals surface area contributed by atoms with Crippen LogP contribution in [0.2, 0.25) is 0 Å². The van der Waals surface area contributed by atoms with Gasteiger partial charge in [-0.15, -0.1) is 5.06 Å². The van der Waals surface area contributed by atoms with Gasteiger partial charge in [0.15, 0.2) is 11.5 Å². The summed E-state index contributed by atoms with van der Waals surface area (Å²) in [5, 5.41) is 17.2. The molecule has 1 aliphatic rings. The molecule has 0 aliphatic carbocycles. The number of ether oxygens (including phenoxy) is 2. The van der Waals surface area contributed by atoms with E-state index in [-0.39, 0.29) is 50.8 Å². The highest BCUT2D eigenvalue weighted by molar-refractivity contribution is 5.96. The molecule has 1 fully saturated rings.